The number of carboxylic acid groups (broad SMARTS) is 1. The van der Waals surface area contributed by atoms with Crippen LogP contribution < -0.4 is 9.64 Å². The van der Waals surface area contributed by atoms with E-state index in [1.165, 1.54) is 0 Å². The minimum Gasteiger partial charge on any atom is -0.490 e. The molecular weight excluding hydrogens is 194 g/mol. The molecule has 80 valence electrons. The normalized spacial score (nSPS) is 14.3. The third-order valence-electron chi connectivity index (χ3n) is 2.48. The highest BCUT2D eigenvalue weighted by Crippen LogP contribution is 2.31. The van der Waals surface area contributed by atoms with Crippen LogP contribution in [0.1, 0.15) is 5.56 Å². The predicted octanol–water partition coefficient (Wildman–Crippen LogP) is 1.14. The van der Waals surface area contributed by atoms with Crippen LogP contribution in [0, 0.1) is 0 Å². The first-order valence-electron chi connectivity index (χ1n) is 4.85. The van der Waals surface area contributed by atoms with Crippen LogP contribution in [-0.2, 0) is 11.2 Å². The second-order valence-electron chi connectivity index (χ2n) is 3.64. The van der Waals surface area contributed by atoms with E-state index in [0.29, 0.717) is 6.61 Å². The number of carboxylic acids is 1. The van der Waals surface area contributed by atoms with E-state index in [0.717, 1.165) is 23.5 Å². The second-order valence-corrected chi connectivity index (χ2v) is 3.64. The van der Waals surface area contributed by atoms with E-state index in [1.807, 2.05) is 19.2 Å². The zero-order chi connectivity index (χ0) is 10.8. The molecule has 0 radical (unpaired) electrons. The zero-order valence-electron chi connectivity index (χ0n) is 8.56. The summed E-state index contributed by atoms with van der Waals surface area (Å²) in [7, 11) is 2.00. The summed E-state index contributed by atoms with van der Waals surface area (Å²) in [6, 6.07) is 5.55. The molecule has 0 aliphatic carbocycles. The molecule has 15 heavy (non-hydrogen) atoms. The van der Waals surface area contributed by atoms with Gasteiger partial charge in [0.05, 0.1) is 18.7 Å². The number of benzene rings is 1. The molecule has 1 aromatic rings. The smallest absolute Gasteiger partial charge is 0.307 e. The molecule has 0 atom stereocenters. The number of anilines is 1. The Balaban J connectivity index is 2.29. The summed E-state index contributed by atoms with van der Waals surface area (Å²) in [5.41, 5.74) is 1.80. The van der Waals surface area contributed by atoms with E-state index in [4.69, 9.17) is 9.84 Å². The fourth-order valence-electron chi connectivity index (χ4n) is 1.69. The molecule has 0 saturated carbocycles. The summed E-state index contributed by atoms with van der Waals surface area (Å²) in [4.78, 5) is 12.7. The lowest BCUT2D eigenvalue weighted by Gasteiger charge is -2.27. The number of nitrogens with zero attached hydrogens (tertiary/aromatic N) is 1. The number of rotatable bonds is 2. The molecule has 1 aliphatic heterocycles. The van der Waals surface area contributed by atoms with Gasteiger partial charge in [-0.1, -0.05) is 6.07 Å². The number of likely N-dealkylation sites (N-methyl/N-ethyl adjacent to an activating group) is 1. The molecule has 0 saturated heterocycles. The molecule has 1 aromatic carbocycles. The van der Waals surface area contributed by atoms with Crippen molar-refractivity contribution in [2.75, 3.05) is 25.1 Å². The van der Waals surface area contributed by atoms with Gasteiger partial charge in [-0.2, -0.15) is 0 Å². The first-order valence-corrected chi connectivity index (χ1v) is 4.85. The Morgan fingerprint density at radius 3 is 3.13 bits per heavy atom. The highest BCUT2D eigenvalue weighted by molar-refractivity contribution is 5.71. The highest BCUT2D eigenvalue weighted by atomic mass is 16.5. The fraction of sp³-hybridized carbons (Fsp3) is 0.364. The number of fused-ring (bicyclic) bond motifs is 1. The molecule has 2 rings (SSSR count). The van der Waals surface area contributed by atoms with Crippen LogP contribution in [0.2, 0.25) is 0 Å². The Labute approximate surface area is 88.1 Å². The van der Waals surface area contributed by atoms with Crippen molar-refractivity contribution in [3.05, 3.63) is 23.8 Å². The number of ether oxygens (including phenoxy) is 1. The molecule has 0 bridgehead atoms. The molecule has 4 nitrogen and oxygen atoms in total. The summed E-state index contributed by atoms with van der Waals surface area (Å²) < 4.78 is 5.48. The Morgan fingerprint density at radius 2 is 2.40 bits per heavy atom. The van der Waals surface area contributed by atoms with Gasteiger partial charge >= 0.3 is 5.97 Å². The average Bonchev–Trinajstić information content (AvgIpc) is 2.17. The predicted molar refractivity (Wildman–Crippen MR) is 56.5 cm³/mol. The van der Waals surface area contributed by atoms with Crippen molar-refractivity contribution in [3.8, 4) is 5.75 Å². The van der Waals surface area contributed by atoms with Gasteiger partial charge in [0.2, 0.25) is 0 Å². The minimum absolute atomic E-state index is 0.0420. The van der Waals surface area contributed by atoms with Crippen LogP contribution in [0.4, 0.5) is 5.69 Å². The van der Waals surface area contributed by atoms with Gasteiger partial charge in [0, 0.05) is 7.05 Å². The zero-order valence-corrected chi connectivity index (χ0v) is 8.56. The maximum absolute atomic E-state index is 10.5. The first-order chi connectivity index (χ1) is 7.16. The Kier molecular flexibility index (Phi) is 2.49. The van der Waals surface area contributed by atoms with E-state index in [9.17, 15) is 4.79 Å². The van der Waals surface area contributed by atoms with Gasteiger partial charge < -0.3 is 14.7 Å². The van der Waals surface area contributed by atoms with Crippen LogP contribution in [-0.4, -0.2) is 31.3 Å². The number of aliphatic carboxylic acids is 1. The maximum atomic E-state index is 10.5. The lowest BCUT2D eigenvalue weighted by molar-refractivity contribution is -0.136. The van der Waals surface area contributed by atoms with Crippen molar-refractivity contribution in [2.24, 2.45) is 0 Å². The first kappa shape index (κ1) is 9.83. The van der Waals surface area contributed by atoms with E-state index in [1.54, 1.807) is 6.07 Å². The molecule has 1 aliphatic rings. The van der Waals surface area contributed by atoms with Crippen LogP contribution in [0.3, 0.4) is 0 Å². The van der Waals surface area contributed by atoms with Crippen LogP contribution in [0.15, 0.2) is 18.2 Å². The number of hydrogen-bond donors (Lipinski definition) is 1. The highest BCUT2D eigenvalue weighted by Gasteiger charge is 2.15. The average molecular weight is 207 g/mol. The molecule has 0 amide bonds. The topological polar surface area (TPSA) is 49.8 Å². The molecule has 0 fully saturated rings. The minimum atomic E-state index is -0.820. The summed E-state index contributed by atoms with van der Waals surface area (Å²) in [5, 5.41) is 8.67. The Bertz CT molecular complexity index is 389. The van der Waals surface area contributed by atoms with E-state index in [-0.39, 0.29) is 6.42 Å². The van der Waals surface area contributed by atoms with Crippen molar-refractivity contribution in [2.45, 2.75) is 6.42 Å². The van der Waals surface area contributed by atoms with Gasteiger partial charge in [0.15, 0.2) is 0 Å². The largest absolute Gasteiger partial charge is 0.490 e. The van der Waals surface area contributed by atoms with Crippen LogP contribution in [0.25, 0.3) is 0 Å². The molecule has 4 heteroatoms. The fourth-order valence-corrected chi connectivity index (χ4v) is 1.69. The second kappa shape index (κ2) is 3.81. The maximum Gasteiger partial charge on any atom is 0.307 e. The molecular formula is C11H13NO3. The SMILES string of the molecule is CN1CCOc2cc(CC(=O)O)ccc21. The van der Waals surface area contributed by atoms with E-state index in [2.05, 4.69) is 4.90 Å². The van der Waals surface area contributed by atoms with Crippen molar-refractivity contribution in [1.82, 2.24) is 0 Å². The number of carbonyl (C=O) groups is 1. The summed E-state index contributed by atoms with van der Waals surface area (Å²) in [6.45, 7) is 1.52. The molecule has 0 unspecified atom stereocenters. The van der Waals surface area contributed by atoms with Crippen LogP contribution >= 0.6 is 0 Å². The lowest BCUT2D eigenvalue weighted by atomic mass is 10.1. The third-order valence-corrected chi connectivity index (χ3v) is 2.48. The molecule has 1 heterocycles. The monoisotopic (exact) mass is 207 g/mol. The Morgan fingerprint density at radius 1 is 1.60 bits per heavy atom. The Hall–Kier alpha value is -1.71. The van der Waals surface area contributed by atoms with Gasteiger partial charge in [-0.3, -0.25) is 4.79 Å². The molecule has 1 N–H and O–H groups in total. The van der Waals surface area contributed by atoms with Crippen LogP contribution in [0.5, 0.6) is 5.75 Å². The van der Waals surface area contributed by atoms with Gasteiger partial charge in [-0.15, -0.1) is 0 Å². The van der Waals surface area contributed by atoms with Gasteiger partial charge in [0.25, 0.3) is 0 Å². The van der Waals surface area contributed by atoms with Gasteiger partial charge in [0.1, 0.15) is 12.4 Å². The lowest BCUT2D eigenvalue weighted by Crippen LogP contribution is -2.28. The van der Waals surface area contributed by atoms with Crippen molar-refractivity contribution < 1.29 is 14.6 Å². The van der Waals surface area contributed by atoms with E-state index >= 15 is 0 Å². The van der Waals surface area contributed by atoms with E-state index < -0.39 is 5.97 Å². The van der Waals surface area contributed by atoms with Crippen molar-refractivity contribution in [1.29, 1.82) is 0 Å². The quantitative estimate of drug-likeness (QED) is 0.790. The third kappa shape index (κ3) is 2.03. The number of hydrogen-bond acceptors (Lipinski definition) is 3. The van der Waals surface area contributed by atoms with Gasteiger partial charge in [-0.05, 0) is 17.7 Å². The summed E-state index contributed by atoms with van der Waals surface area (Å²) >= 11 is 0. The molecule has 0 aromatic heterocycles. The standard InChI is InChI=1S/C11H13NO3/c1-12-4-5-15-10-6-8(7-11(13)14)2-3-9(10)12/h2-3,6H,4-5,7H2,1H3,(H,13,14). The molecule has 0 spiro atoms. The summed E-state index contributed by atoms with van der Waals surface area (Å²) in [6.07, 6.45) is 0.0420. The van der Waals surface area contributed by atoms with Crippen molar-refractivity contribution >= 4 is 11.7 Å². The summed E-state index contributed by atoms with van der Waals surface area (Å²) in [5.74, 6) is -0.0402. The van der Waals surface area contributed by atoms with Crippen molar-refractivity contribution in [3.63, 3.8) is 0 Å². The van der Waals surface area contributed by atoms with Gasteiger partial charge in [-0.25, -0.2) is 0 Å².